The molecular formula is C60H62O13. The number of carbonyl (C=O) groups excluding carboxylic acids is 6. The summed E-state index contributed by atoms with van der Waals surface area (Å²) in [6, 6.07) is 44.8. The quantitative estimate of drug-likeness (QED) is 0.0491. The van der Waals surface area contributed by atoms with Gasteiger partial charge in [0.25, 0.3) is 0 Å². The lowest BCUT2D eigenvalue weighted by atomic mass is 9.25. The molecule has 5 unspecified atom stereocenters. The molecular weight excluding hydrogens is 929 g/mol. The van der Waals surface area contributed by atoms with Gasteiger partial charge in [0.15, 0.2) is 5.79 Å². The summed E-state index contributed by atoms with van der Waals surface area (Å²) in [7, 11) is 2.89. The van der Waals surface area contributed by atoms with Gasteiger partial charge in [-0.15, -0.1) is 0 Å². The zero-order valence-electron chi connectivity index (χ0n) is 41.6. The Labute approximate surface area is 425 Å². The van der Waals surface area contributed by atoms with Crippen LogP contribution in [-0.4, -0.2) is 55.6 Å². The third kappa shape index (κ3) is 8.15. The Morgan fingerprint density at radius 2 is 0.699 bits per heavy atom. The Kier molecular flexibility index (Phi) is 14.3. The first-order valence-electron chi connectivity index (χ1n) is 25.0. The van der Waals surface area contributed by atoms with Crippen molar-refractivity contribution in [1.29, 1.82) is 0 Å². The van der Waals surface area contributed by atoms with E-state index in [9.17, 15) is 4.79 Å². The molecule has 6 atom stereocenters. The van der Waals surface area contributed by atoms with E-state index in [1.54, 1.807) is 128 Å². The minimum atomic E-state index is -2.52. The van der Waals surface area contributed by atoms with Crippen molar-refractivity contribution >= 4 is 35.6 Å². The molecule has 0 heterocycles. The minimum Gasteiger partial charge on any atom is -0.460 e. The van der Waals surface area contributed by atoms with Crippen molar-refractivity contribution < 1.29 is 61.9 Å². The largest absolute Gasteiger partial charge is 0.460 e. The number of carbonyl (C=O) groups is 6. The maximum absolute atomic E-state index is 16.8. The smallest absolute Gasteiger partial charge is 0.314 e. The number of hydrogen-bond acceptors (Lipinski definition) is 13. The van der Waals surface area contributed by atoms with Crippen LogP contribution in [0.1, 0.15) is 92.5 Å². The monoisotopic (exact) mass is 990 g/mol. The predicted molar refractivity (Wildman–Crippen MR) is 265 cm³/mol. The Balaban J connectivity index is 1.36. The highest BCUT2D eigenvalue weighted by Crippen LogP contribution is 2.84. The van der Waals surface area contributed by atoms with Gasteiger partial charge >= 0.3 is 29.8 Å². The van der Waals surface area contributed by atoms with E-state index < -0.39 is 81.0 Å². The van der Waals surface area contributed by atoms with Crippen LogP contribution in [0.2, 0.25) is 0 Å². The molecule has 4 aliphatic rings. The van der Waals surface area contributed by atoms with Crippen molar-refractivity contribution in [2.45, 2.75) is 104 Å². The maximum Gasteiger partial charge on any atom is 0.314 e. The highest BCUT2D eigenvalue weighted by atomic mass is 16.7. The SMILES string of the molecule is COC1(OC)CCC2(C(=O)OCc3ccccc3)C(C(=O)OCc3ccccc3)(CCC3(C(=O)OCc4ccccc4)C2(C(=O)OCc2ccccc2)CC[C@]2(C)C(=O)CCC32C(=O)OCc2ccccc2)C1. The average molecular weight is 991 g/mol. The summed E-state index contributed by atoms with van der Waals surface area (Å²) in [5, 5.41) is 0. The summed E-state index contributed by atoms with van der Waals surface area (Å²) in [6.07, 6.45) is -2.59. The van der Waals surface area contributed by atoms with Crippen LogP contribution in [0.3, 0.4) is 0 Å². The van der Waals surface area contributed by atoms with Crippen molar-refractivity contribution in [2.24, 2.45) is 32.5 Å². The van der Waals surface area contributed by atoms with Gasteiger partial charge in [0.05, 0.1) is 10.8 Å². The lowest BCUT2D eigenvalue weighted by Gasteiger charge is -2.73. The zero-order chi connectivity index (χ0) is 51.4. The first kappa shape index (κ1) is 51.0. The molecule has 9 rings (SSSR count). The molecule has 13 heteroatoms. The molecule has 0 aliphatic heterocycles. The van der Waals surface area contributed by atoms with E-state index in [2.05, 4.69) is 0 Å². The molecule has 0 radical (unpaired) electrons. The molecule has 0 amide bonds. The van der Waals surface area contributed by atoms with Gasteiger partial charge < -0.3 is 33.2 Å². The molecule has 0 saturated heterocycles. The number of fused-ring (bicyclic) bond motifs is 5. The number of ether oxygens (including phenoxy) is 7. The van der Waals surface area contributed by atoms with E-state index in [4.69, 9.17) is 33.2 Å². The van der Waals surface area contributed by atoms with Crippen LogP contribution in [-0.2, 0) is 95.0 Å². The molecule has 0 N–H and O–H groups in total. The Morgan fingerprint density at radius 3 is 1.08 bits per heavy atom. The van der Waals surface area contributed by atoms with Gasteiger partial charge in [0.1, 0.15) is 55.1 Å². The molecule has 4 aliphatic carbocycles. The Bertz CT molecular complexity index is 2800. The van der Waals surface area contributed by atoms with Crippen LogP contribution in [0, 0.1) is 32.5 Å². The van der Waals surface area contributed by atoms with Crippen molar-refractivity contribution in [3.05, 3.63) is 179 Å². The molecule has 4 fully saturated rings. The standard InChI is InChI=1S/C60H62O13/c1-54-31-34-60(53(66)73-41-47-27-17-8-18-28-47)58(51(64)71-39-45-23-13-6-14-24-45)36-33-56(67-2,68-3)42-55(58,49(62)69-37-43-19-9-4-10-20-43)32-35-59(60,52(65)72-40-46-25-15-7-16-26-46)57(54,30-29-48(54)61)50(63)70-38-44-21-11-5-12-22-44/h4-28H,29-42H2,1-3H3/t54-,55?,57?,58?,59?,60?/m1/s1. The van der Waals surface area contributed by atoms with Crippen LogP contribution >= 0.6 is 0 Å². The Hall–Kier alpha value is -6.96. The number of methoxy groups -OCH3 is 2. The number of rotatable bonds is 17. The van der Waals surface area contributed by atoms with E-state index in [1.807, 2.05) is 30.3 Å². The van der Waals surface area contributed by atoms with Gasteiger partial charge in [-0.3, -0.25) is 28.8 Å². The summed E-state index contributed by atoms with van der Waals surface area (Å²) >= 11 is 0. The second kappa shape index (κ2) is 20.5. The van der Waals surface area contributed by atoms with Crippen molar-refractivity contribution in [3.63, 3.8) is 0 Å². The molecule has 13 nitrogen and oxygen atoms in total. The van der Waals surface area contributed by atoms with Gasteiger partial charge in [0.2, 0.25) is 0 Å². The van der Waals surface area contributed by atoms with Gasteiger partial charge in [-0.25, -0.2) is 0 Å². The summed E-state index contributed by atoms with van der Waals surface area (Å²) < 4.78 is 44.8. The van der Waals surface area contributed by atoms with Crippen molar-refractivity contribution in [2.75, 3.05) is 14.2 Å². The fraction of sp³-hybridized carbons (Fsp3) is 0.400. The number of hydrogen-bond donors (Lipinski definition) is 0. The number of esters is 5. The summed E-state index contributed by atoms with van der Waals surface area (Å²) in [5.74, 6) is -6.67. The van der Waals surface area contributed by atoms with Crippen molar-refractivity contribution in [1.82, 2.24) is 0 Å². The molecule has 0 aromatic heterocycles. The lowest BCUT2D eigenvalue weighted by Crippen LogP contribution is -2.83. The van der Waals surface area contributed by atoms with Gasteiger partial charge in [0, 0.05) is 38.9 Å². The minimum absolute atomic E-state index is 0.0985. The molecule has 5 aromatic carbocycles. The fourth-order valence-corrected chi connectivity index (χ4v) is 13.7. The zero-order valence-corrected chi connectivity index (χ0v) is 41.6. The number of benzene rings is 5. The Morgan fingerprint density at radius 1 is 0.384 bits per heavy atom. The molecule has 73 heavy (non-hydrogen) atoms. The summed E-state index contributed by atoms with van der Waals surface area (Å²) in [4.78, 5) is 97.3. The van der Waals surface area contributed by atoms with Gasteiger partial charge in [-0.1, -0.05) is 159 Å². The van der Waals surface area contributed by atoms with E-state index >= 15 is 24.0 Å². The van der Waals surface area contributed by atoms with Gasteiger partial charge in [-0.05, 0) is 66.3 Å². The second-order valence-corrected chi connectivity index (χ2v) is 20.3. The predicted octanol–water partition coefficient (Wildman–Crippen LogP) is 9.77. The molecule has 5 aromatic rings. The van der Waals surface area contributed by atoms with Crippen LogP contribution < -0.4 is 0 Å². The van der Waals surface area contributed by atoms with E-state index in [1.165, 1.54) is 14.2 Å². The summed E-state index contributed by atoms with van der Waals surface area (Å²) in [5.41, 5.74) is -10.3. The third-order valence-corrected chi connectivity index (χ3v) is 17.3. The lowest BCUT2D eigenvalue weighted by molar-refractivity contribution is -0.326. The fourth-order valence-electron chi connectivity index (χ4n) is 13.7. The van der Waals surface area contributed by atoms with Crippen LogP contribution in [0.15, 0.2) is 152 Å². The maximum atomic E-state index is 16.8. The highest BCUT2D eigenvalue weighted by Gasteiger charge is 2.93. The van der Waals surface area contributed by atoms with Crippen molar-refractivity contribution in [3.8, 4) is 0 Å². The molecule has 0 spiro atoms. The normalized spacial score (nSPS) is 27.7. The highest BCUT2D eigenvalue weighted by molar-refractivity contribution is 6.07. The van der Waals surface area contributed by atoms with E-state index in [0.29, 0.717) is 27.8 Å². The summed E-state index contributed by atoms with van der Waals surface area (Å²) in [6.45, 7) is 0.284. The van der Waals surface area contributed by atoms with E-state index in [0.717, 1.165) is 0 Å². The first-order chi connectivity index (χ1) is 35.3. The van der Waals surface area contributed by atoms with Gasteiger partial charge in [-0.2, -0.15) is 0 Å². The topological polar surface area (TPSA) is 167 Å². The number of Topliss-reactive ketones (excluding diaryl/α,β-unsaturated/α-hetero) is 1. The molecule has 380 valence electrons. The number of ketones is 1. The van der Waals surface area contributed by atoms with Crippen LogP contribution in [0.25, 0.3) is 0 Å². The average Bonchev–Trinajstić information content (AvgIpc) is 3.72. The third-order valence-electron chi connectivity index (χ3n) is 17.3. The molecule has 0 bridgehead atoms. The molecule has 4 saturated carbocycles. The second-order valence-electron chi connectivity index (χ2n) is 20.3. The van der Waals surface area contributed by atoms with Crippen LogP contribution in [0.4, 0.5) is 0 Å². The van der Waals surface area contributed by atoms with Crippen LogP contribution in [0.5, 0.6) is 0 Å². The van der Waals surface area contributed by atoms with E-state index in [-0.39, 0.29) is 83.8 Å². The first-order valence-corrected chi connectivity index (χ1v) is 25.0.